The van der Waals surface area contributed by atoms with Gasteiger partial charge in [-0.15, -0.1) is 10.2 Å². The maximum atomic E-state index is 5.98. The molecule has 2 bridgehead atoms. The quantitative estimate of drug-likeness (QED) is 0.217. The van der Waals surface area contributed by atoms with E-state index in [1.165, 1.54) is 24.0 Å². The normalized spacial score (nSPS) is 20.2. The molecule has 3 saturated heterocycles. The molecule has 6 aromatic rings. The zero-order valence-corrected chi connectivity index (χ0v) is 28.1. The number of aryl methyl sites for hydroxylation is 2. The van der Waals surface area contributed by atoms with E-state index in [0.29, 0.717) is 12.2 Å². The van der Waals surface area contributed by atoms with Gasteiger partial charge >= 0.3 is 0 Å². The Kier molecular flexibility index (Phi) is 7.85. The van der Waals surface area contributed by atoms with Crippen LogP contribution in [-0.2, 0) is 9.47 Å². The summed E-state index contributed by atoms with van der Waals surface area (Å²) in [6, 6.07) is 21.0. The van der Waals surface area contributed by atoms with E-state index < -0.39 is 0 Å². The summed E-state index contributed by atoms with van der Waals surface area (Å²) in [5, 5.41) is 12.2. The molecule has 3 fully saturated rings. The summed E-state index contributed by atoms with van der Waals surface area (Å²) in [6.45, 7) is 12.7. The molecular formula is C38H42N8O2. The standard InChI is InChI=1S/C19H20N4O.C19H22N4O/c1-13-2-4-14(5-3-13)23-18-10-20-9-8-17(18)19(21-23)22-11-15-6-7-16(12-22)24-15;1-14-4-6-15(7-5-14)23-17-12-20-9-8-16(17)18(21-23)22-10-11-24-19(2,3)13-22/h2-5,8-10,15-16H,6-7,11-12H2,1H3;4-9,12H,10-11,13H2,1-3H3. The number of aromatic nitrogens is 6. The SMILES string of the molecule is Cc1ccc(-n2nc(N3CC4CCC(C3)O4)c3ccncc32)cc1.Cc1ccc(-n2nc(N3CCOC(C)(C)C3)c3ccncc32)cc1. The summed E-state index contributed by atoms with van der Waals surface area (Å²) in [6.07, 6.45) is 10.5. The van der Waals surface area contributed by atoms with Crippen molar-refractivity contribution in [2.24, 2.45) is 0 Å². The number of pyridine rings is 2. The Morgan fingerprint density at radius 3 is 1.67 bits per heavy atom. The predicted molar refractivity (Wildman–Crippen MR) is 190 cm³/mol. The van der Waals surface area contributed by atoms with Crippen molar-refractivity contribution in [2.75, 3.05) is 42.6 Å². The second-order valence-electron chi connectivity index (χ2n) is 13.8. The van der Waals surface area contributed by atoms with E-state index in [9.17, 15) is 0 Å². The van der Waals surface area contributed by atoms with E-state index in [-0.39, 0.29) is 5.60 Å². The molecule has 3 aliphatic rings. The lowest BCUT2D eigenvalue weighted by Crippen LogP contribution is -2.48. The number of nitrogens with zero attached hydrogens (tertiary/aromatic N) is 8. The highest BCUT2D eigenvalue weighted by Gasteiger charge is 2.35. The van der Waals surface area contributed by atoms with Gasteiger partial charge in [0.25, 0.3) is 0 Å². The van der Waals surface area contributed by atoms with Gasteiger partial charge in [0.05, 0.1) is 59.2 Å². The molecule has 9 rings (SSSR count). The van der Waals surface area contributed by atoms with Crippen LogP contribution in [0.2, 0.25) is 0 Å². The molecule has 0 N–H and O–H groups in total. The van der Waals surface area contributed by atoms with Crippen LogP contribution in [0.1, 0.15) is 37.8 Å². The second-order valence-corrected chi connectivity index (χ2v) is 13.8. The lowest BCUT2D eigenvalue weighted by molar-refractivity contribution is -0.0278. The third kappa shape index (κ3) is 5.90. The maximum absolute atomic E-state index is 5.98. The first-order valence-corrected chi connectivity index (χ1v) is 16.9. The lowest BCUT2D eigenvalue weighted by atomic mass is 10.1. The molecule has 2 atom stereocenters. The third-order valence-electron chi connectivity index (χ3n) is 9.55. The van der Waals surface area contributed by atoms with E-state index in [0.717, 1.165) is 77.6 Å². The topological polar surface area (TPSA) is 86.4 Å². The monoisotopic (exact) mass is 642 g/mol. The van der Waals surface area contributed by atoms with Gasteiger partial charge < -0.3 is 19.3 Å². The van der Waals surface area contributed by atoms with Crippen LogP contribution in [0, 0.1) is 13.8 Å². The molecule has 2 unspecified atom stereocenters. The smallest absolute Gasteiger partial charge is 0.159 e. The molecule has 0 saturated carbocycles. The number of hydrogen-bond acceptors (Lipinski definition) is 8. The van der Waals surface area contributed by atoms with Crippen molar-refractivity contribution in [2.45, 2.75) is 58.3 Å². The Hall–Kier alpha value is -4.80. The molecule has 0 aliphatic carbocycles. The summed E-state index contributed by atoms with van der Waals surface area (Å²) < 4.78 is 15.8. The van der Waals surface area contributed by atoms with Crippen molar-refractivity contribution in [3.63, 3.8) is 0 Å². The van der Waals surface area contributed by atoms with Crippen molar-refractivity contribution in [3.8, 4) is 11.4 Å². The number of hydrogen-bond donors (Lipinski definition) is 0. The van der Waals surface area contributed by atoms with Crippen LogP contribution in [0.4, 0.5) is 11.6 Å². The molecule has 0 spiro atoms. The molecule has 0 amide bonds. The number of rotatable bonds is 4. The Labute approximate surface area is 280 Å². The van der Waals surface area contributed by atoms with E-state index >= 15 is 0 Å². The first-order valence-electron chi connectivity index (χ1n) is 16.9. The summed E-state index contributed by atoms with van der Waals surface area (Å²) in [7, 11) is 0. The summed E-state index contributed by atoms with van der Waals surface area (Å²) in [5.41, 5.74) is 6.53. The number of ether oxygens (including phenoxy) is 2. The van der Waals surface area contributed by atoms with Crippen molar-refractivity contribution < 1.29 is 9.47 Å². The van der Waals surface area contributed by atoms with Gasteiger partial charge in [-0.3, -0.25) is 9.97 Å². The molecule has 7 heterocycles. The molecule has 48 heavy (non-hydrogen) atoms. The average Bonchev–Trinajstić information content (AvgIpc) is 3.78. The van der Waals surface area contributed by atoms with E-state index in [1.54, 1.807) is 0 Å². The Morgan fingerprint density at radius 1 is 0.667 bits per heavy atom. The molecule has 246 valence electrons. The molecule has 4 aromatic heterocycles. The summed E-state index contributed by atoms with van der Waals surface area (Å²) in [4.78, 5) is 13.3. The molecule has 2 aromatic carbocycles. The van der Waals surface area contributed by atoms with Gasteiger partial charge in [0.1, 0.15) is 0 Å². The number of benzene rings is 2. The summed E-state index contributed by atoms with van der Waals surface area (Å²) >= 11 is 0. The van der Waals surface area contributed by atoms with Crippen LogP contribution >= 0.6 is 0 Å². The Bertz CT molecular complexity index is 1920. The van der Waals surface area contributed by atoms with Crippen molar-refractivity contribution in [3.05, 3.63) is 96.6 Å². The highest BCUT2D eigenvalue weighted by molar-refractivity contribution is 5.92. The Morgan fingerprint density at radius 2 is 1.17 bits per heavy atom. The van der Waals surface area contributed by atoms with E-state index in [2.05, 4.69) is 102 Å². The van der Waals surface area contributed by atoms with E-state index in [4.69, 9.17) is 19.7 Å². The van der Waals surface area contributed by atoms with Crippen molar-refractivity contribution in [1.82, 2.24) is 29.5 Å². The summed E-state index contributed by atoms with van der Waals surface area (Å²) in [5.74, 6) is 2.05. The average molecular weight is 643 g/mol. The van der Waals surface area contributed by atoms with Gasteiger partial charge in [0.2, 0.25) is 0 Å². The van der Waals surface area contributed by atoms with Crippen LogP contribution in [0.15, 0.2) is 85.5 Å². The zero-order chi connectivity index (χ0) is 32.8. The molecule has 0 radical (unpaired) electrons. The van der Waals surface area contributed by atoms with Gasteiger partial charge in [-0.05, 0) is 76.9 Å². The van der Waals surface area contributed by atoms with Crippen LogP contribution in [-0.4, -0.2) is 80.1 Å². The van der Waals surface area contributed by atoms with Gasteiger partial charge in [0, 0.05) is 49.3 Å². The molecule has 3 aliphatic heterocycles. The fourth-order valence-electron chi connectivity index (χ4n) is 7.11. The molecule has 10 heteroatoms. The third-order valence-corrected chi connectivity index (χ3v) is 9.55. The highest BCUT2D eigenvalue weighted by Crippen LogP contribution is 2.34. The van der Waals surface area contributed by atoms with Crippen molar-refractivity contribution >= 4 is 33.4 Å². The van der Waals surface area contributed by atoms with E-state index in [1.807, 2.05) is 40.2 Å². The van der Waals surface area contributed by atoms with Crippen LogP contribution in [0.3, 0.4) is 0 Å². The van der Waals surface area contributed by atoms with Crippen LogP contribution < -0.4 is 9.80 Å². The van der Waals surface area contributed by atoms with Gasteiger partial charge in [-0.25, -0.2) is 9.36 Å². The van der Waals surface area contributed by atoms with Crippen LogP contribution in [0.25, 0.3) is 33.2 Å². The Balaban J connectivity index is 0.000000140. The first-order chi connectivity index (χ1) is 23.3. The number of anilines is 2. The van der Waals surface area contributed by atoms with Crippen LogP contribution in [0.5, 0.6) is 0 Å². The first kappa shape index (κ1) is 30.5. The minimum atomic E-state index is -0.161. The fraction of sp³-hybridized carbons (Fsp3) is 0.368. The minimum absolute atomic E-state index is 0.161. The second kappa shape index (κ2) is 12.3. The largest absolute Gasteiger partial charge is 0.372 e. The maximum Gasteiger partial charge on any atom is 0.159 e. The molecule has 10 nitrogen and oxygen atoms in total. The lowest BCUT2D eigenvalue weighted by Gasteiger charge is -2.38. The minimum Gasteiger partial charge on any atom is -0.372 e. The van der Waals surface area contributed by atoms with Crippen molar-refractivity contribution in [1.29, 1.82) is 0 Å². The highest BCUT2D eigenvalue weighted by atomic mass is 16.5. The fourth-order valence-corrected chi connectivity index (χ4v) is 7.11. The molecular weight excluding hydrogens is 600 g/mol. The van der Waals surface area contributed by atoms with Gasteiger partial charge in [-0.1, -0.05) is 35.4 Å². The number of morpholine rings is 2. The zero-order valence-electron chi connectivity index (χ0n) is 28.1. The predicted octanol–water partition coefficient (Wildman–Crippen LogP) is 6.44. The van der Waals surface area contributed by atoms with Gasteiger partial charge in [0.15, 0.2) is 11.6 Å². The number of fused-ring (bicyclic) bond motifs is 4. The van der Waals surface area contributed by atoms with Gasteiger partial charge in [-0.2, -0.15) is 0 Å².